The van der Waals surface area contributed by atoms with Crippen LogP contribution in [0.3, 0.4) is 0 Å². The fraction of sp³-hybridized carbons (Fsp3) is 0.250. The first-order valence-corrected chi connectivity index (χ1v) is 13.0. The Morgan fingerprint density at radius 3 is 1.29 bits per heavy atom. The number of piperazine rings is 1. The van der Waals surface area contributed by atoms with E-state index in [1.807, 2.05) is 72.8 Å². The minimum Gasteiger partial charge on any atom is -0.334 e. The molecule has 2 aromatic rings. The molecule has 6 heteroatoms. The van der Waals surface area contributed by atoms with Gasteiger partial charge < -0.3 is 9.80 Å². The second kappa shape index (κ2) is 11.2. The molecule has 188 valence electrons. The van der Waals surface area contributed by atoms with E-state index in [0.717, 1.165) is 46.3 Å². The maximum absolute atomic E-state index is 13.2. The number of carbonyl (C=O) groups is 2. The monoisotopic (exact) mass is 500 g/mol. The third kappa shape index (κ3) is 5.08. The third-order valence-corrected chi connectivity index (χ3v) is 7.46. The van der Waals surface area contributed by atoms with Crippen LogP contribution in [0, 0.1) is 22.7 Å². The smallest absolute Gasteiger partial charge is 0.264 e. The molecule has 3 aliphatic rings. The number of rotatable bonds is 4. The van der Waals surface area contributed by atoms with E-state index in [4.69, 9.17) is 0 Å². The lowest BCUT2D eigenvalue weighted by atomic mass is 10.1. The number of hydrogen-bond acceptors (Lipinski definition) is 4. The van der Waals surface area contributed by atoms with Crippen LogP contribution in [-0.2, 0) is 9.59 Å². The number of benzene rings is 2. The van der Waals surface area contributed by atoms with E-state index < -0.39 is 0 Å². The van der Waals surface area contributed by atoms with Crippen LogP contribution >= 0.6 is 0 Å². The SMILES string of the molecule is N#C/C(C(=O)N1CCN(C(=O)/C(C#N)=C2/C=C(c3ccccc3)CC2)CC1)=C1\C=C(c2ccccc2)CC1. The van der Waals surface area contributed by atoms with Crippen molar-refractivity contribution in [1.82, 2.24) is 9.80 Å². The molecule has 2 aliphatic carbocycles. The zero-order valence-electron chi connectivity index (χ0n) is 21.2. The van der Waals surface area contributed by atoms with Crippen LogP contribution in [0.5, 0.6) is 0 Å². The molecule has 2 amide bonds. The summed E-state index contributed by atoms with van der Waals surface area (Å²) >= 11 is 0. The summed E-state index contributed by atoms with van der Waals surface area (Å²) in [5.41, 5.74) is 6.38. The lowest BCUT2D eigenvalue weighted by Crippen LogP contribution is -2.51. The van der Waals surface area contributed by atoms with E-state index in [1.54, 1.807) is 9.80 Å². The number of nitriles is 2. The van der Waals surface area contributed by atoms with Gasteiger partial charge >= 0.3 is 0 Å². The molecule has 1 fully saturated rings. The summed E-state index contributed by atoms with van der Waals surface area (Å²) in [6.45, 7) is 1.32. The Balaban J connectivity index is 1.26. The van der Waals surface area contributed by atoms with Gasteiger partial charge in [0.1, 0.15) is 23.3 Å². The molecular weight excluding hydrogens is 472 g/mol. The molecule has 0 N–H and O–H groups in total. The quantitative estimate of drug-likeness (QED) is 0.434. The number of allylic oxidation sites excluding steroid dienone is 6. The zero-order chi connectivity index (χ0) is 26.5. The van der Waals surface area contributed by atoms with Crippen molar-refractivity contribution in [3.05, 3.63) is 106 Å². The zero-order valence-corrected chi connectivity index (χ0v) is 21.2. The average Bonchev–Trinajstić information content (AvgIpc) is 3.66. The van der Waals surface area contributed by atoms with Crippen molar-refractivity contribution in [1.29, 1.82) is 10.5 Å². The first kappa shape index (κ1) is 25.0. The Labute approximate surface area is 223 Å². The summed E-state index contributed by atoms with van der Waals surface area (Å²) in [4.78, 5) is 29.8. The van der Waals surface area contributed by atoms with Crippen molar-refractivity contribution in [2.75, 3.05) is 26.2 Å². The summed E-state index contributed by atoms with van der Waals surface area (Å²) in [5.74, 6) is -0.574. The highest BCUT2D eigenvalue weighted by atomic mass is 16.2. The molecule has 1 aliphatic heterocycles. The second-order valence-corrected chi connectivity index (χ2v) is 9.68. The van der Waals surface area contributed by atoms with Crippen molar-refractivity contribution < 1.29 is 9.59 Å². The van der Waals surface area contributed by atoms with Gasteiger partial charge in [0, 0.05) is 26.2 Å². The lowest BCUT2D eigenvalue weighted by molar-refractivity contribution is -0.134. The minimum atomic E-state index is -0.287. The number of carbonyl (C=O) groups excluding carboxylic acids is 2. The molecule has 6 nitrogen and oxygen atoms in total. The van der Waals surface area contributed by atoms with Gasteiger partial charge in [-0.05, 0) is 59.1 Å². The van der Waals surface area contributed by atoms with Gasteiger partial charge in [-0.15, -0.1) is 0 Å². The molecule has 0 saturated carbocycles. The molecule has 0 unspecified atom stereocenters. The minimum absolute atomic E-state index is 0.181. The summed E-state index contributed by atoms with van der Waals surface area (Å²) in [6, 6.07) is 24.3. The average molecular weight is 501 g/mol. The van der Waals surface area contributed by atoms with Crippen molar-refractivity contribution in [3.63, 3.8) is 0 Å². The van der Waals surface area contributed by atoms with Crippen molar-refractivity contribution in [2.45, 2.75) is 25.7 Å². The van der Waals surface area contributed by atoms with Crippen LogP contribution in [0.15, 0.2) is 95.1 Å². The number of nitrogens with zero attached hydrogens (tertiary/aromatic N) is 4. The van der Waals surface area contributed by atoms with Crippen LogP contribution in [0.1, 0.15) is 36.8 Å². The van der Waals surface area contributed by atoms with Crippen LogP contribution in [0.4, 0.5) is 0 Å². The molecular formula is C32H28N4O2. The van der Waals surface area contributed by atoms with Gasteiger partial charge in [-0.2, -0.15) is 10.5 Å². The summed E-state index contributed by atoms with van der Waals surface area (Å²) in [7, 11) is 0. The molecule has 5 rings (SSSR count). The number of hydrogen-bond donors (Lipinski definition) is 0. The summed E-state index contributed by atoms with van der Waals surface area (Å²) in [6.07, 6.45) is 6.85. The maximum atomic E-state index is 13.2. The van der Waals surface area contributed by atoms with Gasteiger partial charge in [-0.1, -0.05) is 72.8 Å². The van der Waals surface area contributed by atoms with E-state index in [1.165, 1.54) is 0 Å². The Morgan fingerprint density at radius 1 is 0.579 bits per heavy atom. The van der Waals surface area contributed by atoms with Gasteiger partial charge in [0.25, 0.3) is 11.8 Å². The van der Waals surface area contributed by atoms with Crippen LogP contribution in [-0.4, -0.2) is 47.8 Å². The summed E-state index contributed by atoms with van der Waals surface area (Å²) in [5, 5.41) is 19.6. The first-order valence-electron chi connectivity index (χ1n) is 13.0. The van der Waals surface area contributed by atoms with E-state index in [-0.39, 0.29) is 23.0 Å². The molecule has 0 spiro atoms. The van der Waals surface area contributed by atoms with Gasteiger partial charge in [-0.25, -0.2) is 0 Å². The van der Waals surface area contributed by atoms with Crippen molar-refractivity contribution >= 4 is 23.0 Å². The van der Waals surface area contributed by atoms with Gasteiger partial charge in [0.2, 0.25) is 0 Å². The Kier molecular flexibility index (Phi) is 7.33. The first-order chi connectivity index (χ1) is 18.6. The van der Waals surface area contributed by atoms with Crippen molar-refractivity contribution in [2.24, 2.45) is 0 Å². The van der Waals surface area contributed by atoms with Crippen LogP contribution in [0.2, 0.25) is 0 Å². The molecule has 1 heterocycles. The van der Waals surface area contributed by atoms with Gasteiger partial charge in [-0.3, -0.25) is 9.59 Å². The fourth-order valence-corrected chi connectivity index (χ4v) is 5.34. The van der Waals surface area contributed by atoms with E-state index in [2.05, 4.69) is 12.1 Å². The van der Waals surface area contributed by atoms with Gasteiger partial charge in [0.15, 0.2) is 0 Å². The van der Waals surface area contributed by atoms with E-state index in [9.17, 15) is 20.1 Å². The Morgan fingerprint density at radius 2 is 0.947 bits per heavy atom. The van der Waals surface area contributed by atoms with Crippen LogP contribution < -0.4 is 0 Å². The standard InChI is InChI=1S/C32H28N4O2/c33-21-29(27-13-11-25(19-27)23-7-3-1-4-8-23)31(37)35-15-17-36(18-16-35)32(38)30(22-34)28-14-12-26(20-28)24-9-5-2-6-10-24/h1-10,19-20H,11-18H2/b29-27+,30-28+. The molecule has 1 saturated heterocycles. The molecule has 2 aromatic carbocycles. The molecule has 0 bridgehead atoms. The number of amides is 2. The fourth-order valence-electron chi connectivity index (χ4n) is 5.34. The predicted molar refractivity (Wildman–Crippen MR) is 146 cm³/mol. The normalized spacial score (nSPS) is 19.7. The Hall–Kier alpha value is -4.68. The van der Waals surface area contributed by atoms with E-state index >= 15 is 0 Å². The maximum Gasteiger partial charge on any atom is 0.264 e. The second-order valence-electron chi connectivity index (χ2n) is 9.68. The topological polar surface area (TPSA) is 88.2 Å². The van der Waals surface area contributed by atoms with Gasteiger partial charge in [0.05, 0.1) is 0 Å². The highest BCUT2D eigenvalue weighted by Crippen LogP contribution is 2.34. The molecule has 0 atom stereocenters. The molecule has 0 radical (unpaired) electrons. The Bertz CT molecular complexity index is 1350. The molecule has 38 heavy (non-hydrogen) atoms. The predicted octanol–water partition coefficient (Wildman–Crippen LogP) is 5.05. The van der Waals surface area contributed by atoms with Crippen molar-refractivity contribution in [3.8, 4) is 12.1 Å². The van der Waals surface area contributed by atoms with E-state index in [0.29, 0.717) is 39.0 Å². The lowest BCUT2D eigenvalue weighted by Gasteiger charge is -2.34. The summed E-state index contributed by atoms with van der Waals surface area (Å²) < 4.78 is 0. The third-order valence-electron chi connectivity index (χ3n) is 7.46. The van der Waals surface area contributed by atoms with Crippen LogP contribution in [0.25, 0.3) is 11.1 Å². The highest BCUT2D eigenvalue weighted by molar-refractivity contribution is 6.01. The molecule has 0 aromatic heterocycles. The highest BCUT2D eigenvalue weighted by Gasteiger charge is 2.30. The largest absolute Gasteiger partial charge is 0.334 e.